The van der Waals surface area contributed by atoms with E-state index in [1.165, 1.54) is 0 Å². The Bertz CT molecular complexity index is 101. The van der Waals surface area contributed by atoms with Crippen molar-refractivity contribution in [3.8, 4) is 0 Å². The molecule has 1 unspecified atom stereocenters. The van der Waals surface area contributed by atoms with E-state index in [9.17, 15) is 0 Å². The molecule has 2 atom stereocenters. The second kappa shape index (κ2) is 6.66. The summed E-state index contributed by atoms with van der Waals surface area (Å²) >= 11 is 0. The molecule has 0 aliphatic carbocycles. The quantitative estimate of drug-likeness (QED) is 0.660. The van der Waals surface area contributed by atoms with Crippen molar-refractivity contribution in [1.29, 1.82) is 0 Å². The van der Waals surface area contributed by atoms with Crippen LogP contribution in [0.1, 0.15) is 0 Å². The summed E-state index contributed by atoms with van der Waals surface area (Å²) in [4.78, 5) is 0. The van der Waals surface area contributed by atoms with Gasteiger partial charge in [-0.2, -0.15) is 0 Å². The molecule has 11 heavy (non-hydrogen) atoms. The predicted octanol–water partition coefficient (Wildman–Crippen LogP) is 3.21. The summed E-state index contributed by atoms with van der Waals surface area (Å²) in [5, 5.41) is 0. The van der Waals surface area contributed by atoms with Crippen molar-refractivity contribution in [1.82, 2.24) is 0 Å². The molecule has 0 spiro atoms. The third kappa shape index (κ3) is 7.53. The van der Waals surface area contributed by atoms with Crippen molar-refractivity contribution in [3.63, 3.8) is 0 Å². The molecule has 0 radical (unpaired) electrons. The van der Waals surface area contributed by atoms with Gasteiger partial charge in [-0.1, -0.05) is 0 Å². The van der Waals surface area contributed by atoms with Crippen LogP contribution in [0.25, 0.3) is 0 Å². The fourth-order valence-corrected chi connectivity index (χ4v) is 4.23. The van der Waals surface area contributed by atoms with Crippen LogP contribution in [0.3, 0.4) is 0 Å². The van der Waals surface area contributed by atoms with E-state index in [2.05, 4.69) is 13.3 Å². The molecule has 0 heterocycles. The largest absolute Gasteiger partial charge is 0.337 e. The van der Waals surface area contributed by atoms with E-state index >= 15 is 0 Å². The van der Waals surface area contributed by atoms with E-state index in [1.54, 1.807) is 7.11 Å². The van der Waals surface area contributed by atoms with Gasteiger partial charge in [0, 0.05) is 28.6 Å². The maximum Gasteiger partial charge on any atom is 0.176 e. The van der Waals surface area contributed by atoms with Crippen LogP contribution in [0, 0.1) is 0 Å². The van der Waals surface area contributed by atoms with Crippen molar-refractivity contribution < 1.29 is 13.1 Å². The molecule has 0 aromatic carbocycles. The highest BCUT2D eigenvalue weighted by molar-refractivity contribution is 7.66. The highest BCUT2D eigenvalue weighted by Crippen LogP contribution is 2.55. The SMILES string of the molecule is COP(C)O[P@@](C)OP(C)C. The minimum Gasteiger partial charge on any atom is -0.337 e. The Morgan fingerprint density at radius 1 is 0.818 bits per heavy atom. The molecular formula is C5H15O3P3. The number of hydrogen-bond donors (Lipinski definition) is 0. The van der Waals surface area contributed by atoms with Crippen molar-refractivity contribution in [2.24, 2.45) is 0 Å². The fraction of sp³-hybridized carbons (Fsp3) is 1.00. The molecule has 0 aromatic rings. The molecule has 68 valence electrons. The zero-order chi connectivity index (χ0) is 8.85. The van der Waals surface area contributed by atoms with Gasteiger partial charge in [0.1, 0.15) is 0 Å². The molecule has 0 amide bonds. The van der Waals surface area contributed by atoms with Gasteiger partial charge in [-0.05, 0) is 13.3 Å². The standard InChI is InChI=1S/C5H15O3P3/c1-6-10(4)8-11(5)7-9(2)3/h1-5H3/t10?,11-/m0/s1. The van der Waals surface area contributed by atoms with Crippen LogP contribution in [0.5, 0.6) is 0 Å². The van der Waals surface area contributed by atoms with Crippen LogP contribution in [0.15, 0.2) is 0 Å². The average molecular weight is 216 g/mol. The lowest BCUT2D eigenvalue weighted by atomic mass is 11.8. The van der Waals surface area contributed by atoms with Crippen molar-refractivity contribution in [2.75, 3.05) is 33.8 Å². The van der Waals surface area contributed by atoms with E-state index in [1.807, 2.05) is 13.3 Å². The molecule has 0 fully saturated rings. The second-order valence-corrected chi connectivity index (χ2v) is 7.09. The van der Waals surface area contributed by atoms with Crippen LogP contribution in [0.2, 0.25) is 0 Å². The van der Waals surface area contributed by atoms with Crippen LogP contribution in [-0.4, -0.2) is 33.8 Å². The van der Waals surface area contributed by atoms with Gasteiger partial charge < -0.3 is 8.83 Å². The maximum atomic E-state index is 5.47. The summed E-state index contributed by atoms with van der Waals surface area (Å²) in [5.41, 5.74) is 0. The zero-order valence-corrected chi connectivity index (χ0v) is 10.2. The van der Waals surface area contributed by atoms with E-state index in [4.69, 9.17) is 13.1 Å². The Morgan fingerprint density at radius 2 is 1.36 bits per heavy atom. The molecule has 6 heteroatoms. The molecule has 3 nitrogen and oxygen atoms in total. The van der Waals surface area contributed by atoms with Crippen LogP contribution in [0.4, 0.5) is 0 Å². The Morgan fingerprint density at radius 3 is 1.73 bits per heavy atom. The number of rotatable bonds is 5. The molecule has 0 rings (SSSR count). The summed E-state index contributed by atoms with van der Waals surface area (Å²) in [6.45, 7) is 7.99. The summed E-state index contributed by atoms with van der Waals surface area (Å²) < 4.78 is 15.9. The van der Waals surface area contributed by atoms with E-state index < -0.39 is 16.8 Å². The van der Waals surface area contributed by atoms with Gasteiger partial charge >= 0.3 is 0 Å². The first-order valence-corrected chi connectivity index (χ1v) is 8.51. The lowest BCUT2D eigenvalue weighted by Gasteiger charge is -2.17. The summed E-state index contributed by atoms with van der Waals surface area (Å²) in [5.74, 6) is 0. The fourth-order valence-electron chi connectivity index (χ4n) is 0.440. The average Bonchev–Trinajstić information content (AvgIpc) is 1.85. The zero-order valence-electron chi connectivity index (χ0n) is 7.57. The molecule has 0 aromatic heterocycles. The Hall–Kier alpha value is 1.17. The monoisotopic (exact) mass is 216 g/mol. The molecule has 0 bridgehead atoms. The molecular weight excluding hydrogens is 201 g/mol. The lowest BCUT2D eigenvalue weighted by Crippen LogP contribution is -1.82. The summed E-state index contributed by atoms with van der Waals surface area (Å²) in [7, 11) is -0.135. The third-order valence-corrected chi connectivity index (χ3v) is 5.35. The highest BCUT2D eigenvalue weighted by atomic mass is 31.2. The second-order valence-electron chi connectivity index (χ2n) is 2.04. The smallest absolute Gasteiger partial charge is 0.176 e. The Balaban J connectivity index is 3.43. The molecule has 0 aliphatic heterocycles. The van der Waals surface area contributed by atoms with Crippen LogP contribution < -0.4 is 0 Å². The first-order valence-electron chi connectivity index (χ1n) is 3.11. The summed E-state index contributed by atoms with van der Waals surface area (Å²) in [6.07, 6.45) is 0. The molecule has 0 N–H and O–H groups in total. The van der Waals surface area contributed by atoms with Crippen LogP contribution >= 0.6 is 24.9 Å². The van der Waals surface area contributed by atoms with E-state index in [-0.39, 0.29) is 8.15 Å². The normalized spacial score (nSPS) is 16.9. The van der Waals surface area contributed by atoms with Gasteiger partial charge in [-0.3, -0.25) is 4.31 Å². The number of hydrogen-bond acceptors (Lipinski definition) is 3. The maximum absolute atomic E-state index is 5.47. The lowest BCUT2D eigenvalue weighted by molar-refractivity contribution is 0.401. The molecule has 0 saturated heterocycles. The predicted molar refractivity (Wildman–Crippen MR) is 53.6 cm³/mol. The Labute approximate surface area is 72.5 Å². The van der Waals surface area contributed by atoms with Gasteiger partial charge in [0.15, 0.2) is 16.8 Å². The Kier molecular flexibility index (Phi) is 7.37. The van der Waals surface area contributed by atoms with E-state index in [0.717, 1.165) is 0 Å². The topological polar surface area (TPSA) is 27.7 Å². The van der Waals surface area contributed by atoms with Crippen molar-refractivity contribution >= 4 is 24.9 Å². The van der Waals surface area contributed by atoms with Crippen molar-refractivity contribution in [2.45, 2.75) is 0 Å². The first kappa shape index (κ1) is 12.2. The first-order chi connectivity index (χ1) is 5.06. The van der Waals surface area contributed by atoms with Crippen LogP contribution in [-0.2, 0) is 13.1 Å². The summed E-state index contributed by atoms with van der Waals surface area (Å²) in [6, 6.07) is 0. The van der Waals surface area contributed by atoms with Gasteiger partial charge in [-0.15, -0.1) is 0 Å². The van der Waals surface area contributed by atoms with Gasteiger partial charge in [0.2, 0.25) is 0 Å². The minimum absolute atomic E-state index is 0.317. The van der Waals surface area contributed by atoms with Gasteiger partial charge in [0.05, 0.1) is 0 Å². The van der Waals surface area contributed by atoms with E-state index in [0.29, 0.717) is 0 Å². The van der Waals surface area contributed by atoms with Gasteiger partial charge in [0.25, 0.3) is 0 Å². The molecule has 0 saturated carbocycles. The highest BCUT2D eigenvalue weighted by Gasteiger charge is 2.10. The third-order valence-electron chi connectivity index (χ3n) is 0.765. The van der Waals surface area contributed by atoms with Crippen molar-refractivity contribution in [3.05, 3.63) is 0 Å². The molecule has 0 aliphatic rings. The van der Waals surface area contributed by atoms with Gasteiger partial charge in [-0.25, -0.2) is 0 Å². The minimum atomic E-state index is -0.734.